The van der Waals surface area contributed by atoms with Gasteiger partial charge in [-0.3, -0.25) is 5.43 Å². The smallest absolute Gasteiger partial charge is 0.337 e. The molecule has 1 heterocycles. The van der Waals surface area contributed by atoms with Gasteiger partial charge in [-0.05, 0) is 65.2 Å². The van der Waals surface area contributed by atoms with Crippen LogP contribution < -0.4 is 30.3 Å². The number of nitrogens with zero attached hydrogens (tertiary/aromatic N) is 1. The van der Waals surface area contributed by atoms with E-state index in [-0.39, 0.29) is 12.2 Å². The fourth-order valence-corrected chi connectivity index (χ4v) is 4.73. The van der Waals surface area contributed by atoms with E-state index < -0.39 is 24.3 Å². The summed E-state index contributed by atoms with van der Waals surface area (Å²) in [7, 11) is 2.79. The molecule has 1 aliphatic heterocycles. The summed E-state index contributed by atoms with van der Waals surface area (Å²) in [6.45, 7) is 3.61. The van der Waals surface area contributed by atoms with Crippen molar-refractivity contribution in [3.63, 3.8) is 0 Å². The molecule has 3 rings (SSSR count). The Morgan fingerprint density at radius 1 is 1.26 bits per heavy atom. The highest BCUT2D eigenvalue weighted by Gasteiger charge is 2.32. The van der Waals surface area contributed by atoms with Gasteiger partial charge in [-0.1, -0.05) is 17.7 Å². The maximum Gasteiger partial charge on any atom is 0.337 e. The zero-order valence-electron chi connectivity index (χ0n) is 21.1. The van der Waals surface area contributed by atoms with E-state index in [1.807, 2.05) is 6.92 Å². The number of allylic oxidation sites excluding steroid dienone is 1. The maximum absolute atomic E-state index is 12.4. The number of ether oxygens (including phenoxy) is 4. The molecule has 38 heavy (non-hydrogen) atoms. The van der Waals surface area contributed by atoms with E-state index in [1.165, 1.54) is 20.4 Å². The summed E-state index contributed by atoms with van der Waals surface area (Å²) in [6, 6.07) is 7.22. The molecule has 204 valence electrons. The molecular weight excluding hydrogens is 584 g/mol. The van der Waals surface area contributed by atoms with Gasteiger partial charge in [0.1, 0.15) is 6.61 Å². The Labute approximate surface area is 233 Å². The van der Waals surface area contributed by atoms with Crippen molar-refractivity contribution < 1.29 is 33.6 Å². The number of benzene rings is 2. The Bertz CT molecular complexity index is 1230. The van der Waals surface area contributed by atoms with Gasteiger partial charge in [-0.2, -0.15) is 5.10 Å². The predicted octanol–water partition coefficient (Wildman–Crippen LogP) is 3.63. The Hall–Kier alpha value is -3.48. The van der Waals surface area contributed by atoms with Gasteiger partial charge < -0.3 is 34.7 Å². The third-order valence-corrected chi connectivity index (χ3v) is 6.20. The van der Waals surface area contributed by atoms with Crippen molar-refractivity contribution in [1.82, 2.24) is 16.1 Å². The molecule has 11 nitrogen and oxygen atoms in total. The molecule has 2 atom stereocenters. The number of amides is 2. The van der Waals surface area contributed by atoms with Crippen LogP contribution in [-0.2, 0) is 9.53 Å². The van der Waals surface area contributed by atoms with Crippen molar-refractivity contribution in [2.75, 3.05) is 27.4 Å². The van der Waals surface area contributed by atoms with Crippen LogP contribution in [0.2, 0.25) is 5.02 Å². The number of nitrogens with one attached hydrogen (secondary N) is 3. The second-order valence-electron chi connectivity index (χ2n) is 7.93. The van der Waals surface area contributed by atoms with Gasteiger partial charge in [0.15, 0.2) is 23.5 Å². The molecule has 0 bridgehead atoms. The van der Waals surface area contributed by atoms with Crippen molar-refractivity contribution in [1.29, 1.82) is 0 Å². The van der Waals surface area contributed by atoms with Crippen molar-refractivity contribution in [2.45, 2.75) is 26.1 Å². The Morgan fingerprint density at radius 2 is 2.03 bits per heavy atom. The molecule has 2 amide bonds. The quantitative estimate of drug-likeness (QED) is 0.131. The fraction of sp³-hybridized carbons (Fsp3) is 0.320. The topological polar surface area (TPSA) is 140 Å². The fourth-order valence-electron chi connectivity index (χ4n) is 3.67. The van der Waals surface area contributed by atoms with Gasteiger partial charge >= 0.3 is 12.0 Å². The largest absolute Gasteiger partial charge is 0.494 e. The summed E-state index contributed by atoms with van der Waals surface area (Å²) >= 11 is 9.55. The van der Waals surface area contributed by atoms with Crippen LogP contribution in [0.4, 0.5) is 4.79 Å². The third-order valence-electron chi connectivity index (χ3n) is 5.33. The molecule has 0 radical (unpaired) electrons. The van der Waals surface area contributed by atoms with Crippen LogP contribution in [0.5, 0.6) is 17.2 Å². The molecule has 0 unspecified atom stereocenters. The van der Waals surface area contributed by atoms with Gasteiger partial charge in [0, 0.05) is 5.70 Å². The van der Waals surface area contributed by atoms with Crippen LogP contribution >= 0.6 is 27.5 Å². The number of aliphatic hydroxyl groups is 1. The molecule has 0 saturated carbocycles. The van der Waals surface area contributed by atoms with E-state index in [4.69, 9.17) is 30.5 Å². The third kappa shape index (κ3) is 7.09. The lowest BCUT2D eigenvalue weighted by atomic mass is 9.95. The summed E-state index contributed by atoms with van der Waals surface area (Å²) in [5, 5.41) is 20.0. The molecule has 2 aromatic carbocycles. The minimum absolute atomic E-state index is 0.152. The lowest BCUT2D eigenvalue weighted by molar-refractivity contribution is -0.136. The summed E-state index contributed by atoms with van der Waals surface area (Å²) in [5.41, 5.74) is 4.50. The van der Waals surface area contributed by atoms with Crippen molar-refractivity contribution in [3.05, 3.63) is 62.2 Å². The standard InChI is InChI=1S/C25H28BrClN4O7/c1-5-37-19-10-15(22-21(24(33)36-4)13(2)29-25(34)30-22)6-7-18(19)38-12-20(32)31-28-11-14-8-16(26)23(35-3)17(27)9-14/h6-11,20,22,31-32H,5,12H2,1-4H3,(H2,29,30,34)/b28-11-/t20-,22-/m1/s1. The van der Waals surface area contributed by atoms with Gasteiger partial charge in [-0.15, -0.1) is 0 Å². The Balaban J connectivity index is 1.70. The summed E-state index contributed by atoms with van der Waals surface area (Å²) in [5.74, 6) is 0.661. The number of hydrogen-bond acceptors (Lipinski definition) is 9. The number of halogens is 2. The van der Waals surface area contributed by atoms with E-state index in [0.29, 0.717) is 50.2 Å². The average Bonchev–Trinajstić information content (AvgIpc) is 2.87. The number of carbonyl (C=O) groups excluding carboxylic acids is 2. The highest BCUT2D eigenvalue weighted by molar-refractivity contribution is 9.10. The first-order valence-electron chi connectivity index (χ1n) is 11.4. The second kappa shape index (κ2) is 13.4. The van der Waals surface area contributed by atoms with E-state index in [2.05, 4.69) is 37.1 Å². The van der Waals surface area contributed by atoms with Gasteiger partial charge in [0.25, 0.3) is 0 Å². The highest BCUT2D eigenvalue weighted by Crippen LogP contribution is 2.35. The molecule has 2 aromatic rings. The van der Waals surface area contributed by atoms with Crippen LogP contribution in [-0.4, -0.2) is 57.0 Å². The summed E-state index contributed by atoms with van der Waals surface area (Å²) in [4.78, 5) is 24.5. The normalized spacial score (nSPS) is 16.0. The molecule has 0 saturated heterocycles. The van der Waals surface area contributed by atoms with Crippen LogP contribution in [0.15, 0.2) is 51.2 Å². The van der Waals surface area contributed by atoms with E-state index in [1.54, 1.807) is 37.3 Å². The minimum atomic E-state index is -1.14. The van der Waals surface area contributed by atoms with Gasteiger partial charge in [0.05, 0.1) is 48.2 Å². The number of methoxy groups -OCH3 is 2. The van der Waals surface area contributed by atoms with Gasteiger partial charge in [-0.25, -0.2) is 9.59 Å². The number of carbonyl (C=O) groups is 2. The lowest BCUT2D eigenvalue weighted by Crippen LogP contribution is -2.45. The SMILES string of the molecule is CCOc1cc([C@H]2NC(=O)NC(C)=C2C(=O)OC)ccc1OC[C@@H](O)N/N=C\c1cc(Cl)c(OC)c(Br)c1. The van der Waals surface area contributed by atoms with E-state index in [0.717, 1.165) is 0 Å². The highest BCUT2D eigenvalue weighted by atomic mass is 79.9. The van der Waals surface area contributed by atoms with E-state index >= 15 is 0 Å². The number of hydrogen-bond donors (Lipinski definition) is 4. The Morgan fingerprint density at radius 3 is 2.68 bits per heavy atom. The minimum Gasteiger partial charge on any atom is -0.494 e. The molecule has 0 aromatic heterocycles. The van der Waals surface area contributed by atoms with Crippen molar-refractivity contribution >= 4 is 45.7 Å². The van der Waals surface area contributed by atoms with Gasteiger partial charge in [0.2, 0.25) is 0 Å². The monoisotopic (exact) mass is 610 g/mol. The Kier molecular flexibility index (Phi) is 10.2. The molecule has 0 aliphatic carbocycles. The lowest BCUT2D eigenvalue weighted by Gasteiger charge is -2.28. The number of rotatable bonds is 11. The maximum atomic E-state index is 12.4. The van der Waals surface area contributed by atoms with Crippen LogP contribution in [0, 0.1) is 0 Å². The van der Waals surface area contributed by atoms with Crippen LogP contribution in [0.1, 0.15) is 31.0 Å². The molecule has 0 fully saturated rings. The first kappa shape index (κ1) is 29.1. The molecular formula is C25H28BrClN4O7. The zero-order valence-corrected chi connectivity index (χ0v) is 23.5. The summed E-state index contributed by atoms with van der Waals surface area (Å²) in [6.07, 6.45) is 0.347. The number of hydrazone groups is 1. The van der Waals surface area contributed by atoms with Crippen molar-refractivity contribution in [2.24, 2.45) is 5.10 Å². The number of urea groups is 1. The van der Waals surface area contributed by atoms with E-state index in [9.17, 15) is 14.7 Å². The van der Waals surface area contributed by atoms with Crippen LogP contribution in [0.3, 0.4) is 0 Å². The molecule has 13 heteroatoms. The number of esters is 1. The van der Waals surface area contributed by atoms with Crippen molar-refractivity contribution in [3.8, 4) is 17.2 Å². The first-order chi connectivity index (χ1) is 18.2. The molecule has 4 N–H and O–H groups in total. The molecule has 1 aliphatic rings. The first-order valence-corrected chi connectivity index (χ1v) is 12.6. The summed E-state index contributed by atoms with van der Waals surface area (Å²) < 4.78 is 22.2. The zero-order chi connectivity index (χ0) is 27.8. The van der Waals surface area contributed by atoms with Crippen LogP contribution in [0.25, 0.3) is 0 Å². The second-order valence-corrected chi connectivity index (χ2v) is 9.19. The number of aliphatic hydroxyl groups excluding tert-OH is 1. The predicted molar refractivity (Wildman–Crippen MR) is 145 cm³/mol. The average molecular weight is 612 g/mol. The molecule has 0 spiro atoms.